The maximum absolute atomic E-state index is 11.3. The summed E-state index contributed by atoms with van der Waals surface area (Å²) in [7, 11) is 3.48. The van der Waals surface area contributed by atoms with Crippen molar-refractivity contribution in [3.8, 4) is 11.8 Å². The third-order valence-corrected chi connectivity index (χ3v) is 2.61. The summed E-state index contributed by atoms with van der Waals surface area (Å²) in [4.78, 5) is 12.9. The molecule has 1 aromatic rings. The molecule has 0 atom stereocenters. The summed E-state index contributed by atoms with van der Waals surface area (Å²) in [5.41, 5.74) is 1.58. The van der Waals surface area contributed by atoms with E-state index in [1.54, 1.807) is 31.1 Å². The van der Waals surface area contributed by atoms with Gasteiger partial charge in [-0.25, -0.2) is 0 Å². The number of rotatable bonds is 5. The summed E-state index contributed by atoms with van der Waals surface area (Å²) in [6, 6.07) is 7.42. The number of hydrogen-bond acceptors (Lipinski definition) is 3. The lowest BCUT2D eigenvalue weighted by Crippen LogP contribution is -2.21. The van der Waals surface area contributed by atoms with Gasteiger partial charge in [0.2, 0.25) is 5.91 Å². The van der Waals surface area contributed by atoms with Gasteiger partial charge in [-0.05, 0) is 31.0 Å². The number of nitriles is 1. The highest BCUT2D eigenvalue weighted by Gasteiger charge is 2.05. The second-order valence-corrected chi connectivity index (χ2v) is 4.33. The number of nitrogens with zero attached hydrogens (tertiary/aromatic N) is 2. The molecule has 0 heterocycles. The first kappa shape index (κ1) is 14.0. The molecular formula is C14H18N2O2. The van der Waals surface area contributed by atoms with E-state index in [1.165, 1.54) is 0 Å². The topological polar surface area (TPSA) is 53.3 Å². The lowest BCUT2D eigenvalue weighted by molar-refractivity contribution is -0.128. The Hall–Kier alpha value is -2.02. The van der Waals surface area contributed by atoms with Crippen molar-refractivity contribution in [2.75, 3.05) is 20.7 Å². The first-order valence-electron chi connectivity index (χ1n) is 5.88. The van der Waals surface area contributed by atoms with Crippen LogP contribution in [0.15, 0.2) is 18.2 Å². The molecule has 18 heavy (non-hydrogen) atoms. The molecule has 0 aliphatic heterocycles. The second-order valence-electron chi connectivity index (χ2n) is 4.33. The van der Waals surface area contributed by atoms with E-state index in [0.29, 0.717) is 30.8 Å². The van der Waals surface area contributed by atoms with Crippen LogP contribution in [-0.2, 0) is 4.79 Å². The molecule has 0 saturated carbocycles. The van der Waals surface area contributed by atoms with Gasteiger partial charge in [0.05, 0.1) is 18.2 Å². The number of ether oxygens (including phenoxy) is 1. The Labute approximate surface area is 108 Å². The smallest absolute Gasteiger partial charge is 0.222 e. The van der Waals surface area contributed by atoms with Crippen LogP contribution in [0.4, 0.5) is 0 Å². The molecule has 0 unspecified atom stereocenters. The zero-order chi connectivity index (χ0) is 13.5. The first-order valence-corrected chi connectivity index (χ1v) is 5.88. The normalized spacial score (nSPS) is 9.67. The van der Waals surface area contributed by atoms with Crippen LogP contribution in [0.3, 0.4) is 0 Å². The van der Waals surface area contributed by atoms with E-state index in [0.717, 1.165) is 5.56 Å². The second kappa shape index (κ2) is 6.65. The van der Waals surface area contributed by atoms with E-state index in [2.05, 4.69) is 6.07 Å². The lowest BCUT2D eigenvalue weighted by Gasteiger charge is -2.11. The van der Waals surface area contributed by atoms with Crippen molar-refractivity contribution in [3.05, 3.63) is 29.3 Å². The SMILES string of the molecule is Cc1ccc(C#N)cc1OCCCC(=O)N(C)C. The van der Waals surface area contributed by atoms with Gasteiger partial charge < -0.3 is 9.64 Å². The third kappa shape index (κ3) is 4.10. The predicted octanol–water partition coefficient (Wildman–Crippen LogP) is 2.11. The van der Waals surface area contributed by atoms with Gasteiger partial charge in [-0.1, -0.05) is 6.07 Å². The Morgan fingerprint density at radius 2 is 2.17 bits per heavy atom. The summed E-state index contributed by atoms with van der Waals surface area (Å²) in [6.07, 6.45) is 1.15. The molecule has 1 aromatic carbocycles. The molecule has 4 nitrogen and oxygen atoms in total. The van der Waals surface area contributed by atoms with Crippen LogP contribution >= 0.6 is 0 Å². The standard InChI is InChI=1S/C14H18N2O2/c1-11-6-7-12(10-15)9-13(11)18-8-4-5-14(17)16(2)3/h6-7,9H,4-5,8H2,1-3H3. The van der Waals surface area contributed by atoms with Crippen molar-refractivity contribution in [2.24, 2.45) is 0 Å². The van der Waals surface area contributed by atoms with Gasteiger partial charge in [-0.2, -0.15) is 5.26 Å². The Kier molecular flexibility index (Phi) is 5.19. The monoisotopic (exact) mass is 246 g/mol. The van der Waals surface area contributed by atoms with E-state index in [9.17, 15) is 4.79 Å². The van der Waals surface area contributed by atoms with Crippen molar-refractivity contribution in [2.45, 2.75) is 19.8 Å². The van der Waals surface area contributed by atoms with Gasteiger partial charge >= 0.3 is 0 Å². The molecule has 0 saturated heterocycles. The third-order valence-electron chi connectivity index (χ3n) is 2.61. The maximum atomic E-state index is 11.3. The van der Waals surface area contributed by atoms with E-state index in [4.69, 9.17) is 10.00 Å². The van der Waals surface area contributed by atoms with Crippen LogP contribution in [0, 0.1) is 18.3 Å². The summed E-state index contributed by atoms with van der Waals surface area (Å²) >= 11 is 0. The Balaban J connectivity index is 2.45. The Morgan fingerprint density at radius 3 is 2.78 bits per heavy atom. The summed E-state index contributed by atoms with van der Waals surface area (Å²) < 4.78 is 5.59. The number of carbonyl (C=O) groups is 1. The minimum absolute atomic E-state index is 0.0982. The van der Waals surface area contributed by atoms with Crippen LogP contribution in [0.1, 0.15) is 24.0 Å². The molecule has 0 N–H and O–H groups in total. The first-order chi connectivity index (χ1) is 8.54. The fourth-order valence-corrected chi connectivity index (χ4v) is 1.45. The van der Waals surface area contributed by atoms with Crippen LogP contribution in [0.25, 0.3) is 0 Å². The minimum atomic E-state index is 0.0982. The molecule has 0 aliphatic carbocycles. The Morgan fingerprint density at radius 1 is 1.44 bits per heavy atom. The highest BCUT2D eigenvalue weighted by molar-refractivity contribution is 5.75. The summed E-state index contributed by atoms with van der Waals surface area (Å²) in [5, 5.41) is 8.80. The molecule has 96 valence electrons. The van der Waals surface area contributed by atoms with Gasteiger partial charge in [-0.3, -0.25) is 4.79 Å². The maximum Gasteiger partial charge on any atom is 0.222 e. The van der Waals surface area contributed by atoms with Crippen LogP contribution in [-0.4, -0.2) is 31.5 Å². The van der Waals surface area contributed by atoms with E-state index in [-0.39, 0.29) is 5.91 Å². The van der Waals surface area contributed by atoms with E-state index in [1.807, 2.05) is 13.0 Å². The molecule has 0 aliphatic rings. The molecule has 0 spiro atoms. The van der Waals surface area contributed by atoms with E-state index < -0.39 is 0 Å². The number of carbonyl (C=O) groups excluding carboxylic acids is 1. The molecule has 1 amide bonds. The molecule has 0 radical (unpaired) electrons. The molecule has 4 heteroatoms. The largest absolute Gasteiger partial charge is 0.493 e. The fourth-order valence-electron chi connectivity index (χ4n) is 1.45. The van der Waals surface area contributed by atoms with Gasteiger partial charge in [-0.15, -0.1) is 0 Å². The van der Waals surface area contributed by atoms with Gasteiger partial charge in [0.1, 0.15) is 5.75 Å². The molecule has 1 rings (SSSR count). The summed E-state index contributed by atoms with van der Waals surface area (Å²) in [5.74, 6) is 0.812. The molecule has 0 bridgehead atoms. The summed E-state index contributed by atoms with van der Waals surface area (Å²) in [6.45, 7) is 2.41. The van der Waals surface area contributed by atoms with Crippen molar-refractivity contribution in [1.82, 2.24) is 4.90 Å². The zero-order valence-electron chi connectivity index (χ0n) is 11.1. The number of aryl methyl sites for hydroxylation is 1. The van der Waals surface area contributed by atoms with Crippen molar-refractivity contribution < 1.29 is 9.53 Å². The molecule has 0 aromatic heterocycles. The van der Waals surface area contributed by atoms with Crippen LogP contribution < -0.4 is 4.74 Å². The molecule has 0 fully saturated rings. The van der Waals surface area contributed by atoms with Crippen molar-refractivity contribution in [3.63, 3.8) is 0 Å². The lowest BCUT2D eigenvalue weighted by atomic mass is 10.1. The minimum Gasteiger partial charge on any atom is -0.493 e. The fraction of sp³-hybridized carbons (Fsp3) is 0.429. The van der Waals surface area contributed by atoms with Gasteiger partial charge in [0.15, 0.2) is 0 Å². The average Bonchev–Trinajstić information content (AvgIpc) is 2.36. The highest BCUT2D eigenvalue weighted by atomic mass is 16.5. The zero-order valence-corrected chi connectivity index (χ0v) is 11.1. The van der Waals surface area contributed by atoms with Crippen LogP contribution in [0.5, 0.6) is 5.75 Å². The highest BCUT2D eigenvalue weighted by Crippen LogP contribution is 2.19. The van der Waals surface area contributed by atoms with Gasteiger partial charge in [0, 0.05) is 20.5 Å². The van der Waals surface area contributed by atoms with Crippen LogP contribution in [0.2, 0.25) is 0 Å². The number of benzene rings is 1. The van der Waals surface area contributed by atoms with Crippen molar-refractivity contribution >= 4 is 5.91 Å². The Bertz CT molecular complexity index is 461. The number of amides is 1. The quantitative estimate of drug-likeness (QED) is 0.748. The predicted molar refractivity (Wildman–Crippen MR) is 69.3 cm³/mol. The van der Waals surface area contributed by atoms with Gasteiger partial charge in [0.25, 0.3) is 0 Å². The average molecular weight is 246 g/mol. The molecular weight excluding hydrogens is 228 g/mol. The van der Waals surface area contributed by atoms with Crippen molar-refractivity contribution in [1.29, 1.82) is 5.26 Å². The number of hydrogen-bond donors (Lipinski definition) is 0. The van der Waals surface area contributed by atoms with E-state index >= 15 is 0 Å².